The van der Waals surface area contributed by atoms with Crippen molar-refractivity contribution in [3.8, 4) is 5.75 Å². The summed E-state index contributed by atoms with van der Waals surface area (Å²) < 4.78 is 5.82. The molecule has 1 aliphatic rings. The lowest BCUT2D eigenvalue weighted by molar-refractivity contribution is -0.128. The van der Waals surface area contributed by atoms with Gasteiger partial charge < -0.3 is 15.0 Å². The monoisotopic (exact) mass is 370 g/mol. The minimum absolute atomic E-state index is 0.0390. The van der Waals surface area contributed by atoms with Gasteiger partial charge in [0.1, 0.15) is 5.75 Å². The van der Waals surface area contributed by atoms with Gasteiger partial charge in [-0.05, 0) is 30.7 Å². The van der Waals surface area contributed by atoms with Crippen LogP contribution in [0.15, 0.2) is 59.5 Å². The average molecular weight is 370 g/mol. The zero-order valence-corrected chi connectivity index (χ0v) is 15.5. The van der Waals surface area contributed by atoms with Gasteiger partial charge in [0.2, 0.25) is 5.91 Å². The van der Waals surface area contributed by atoms with Crippen molar-refractivity contribution in [2.45, 2.75) is 24.3 Å². The number of thioether (sulfide) groups is 1. The van der Waals surface area contributed by atoms with E-state index < -0.39 is 6.10 Å². The summed E-state index contributed by atoms with van der Waals surface area (Å²) in [6, 6.07) is 17.1. The number of fused-ring (bicyclic) bond motifs is 1. The number of para-hydroxylation sites is 2. The highest BCUT2D eigenvalue weighted by Crippen LogP contribution is 2.34. The summed E-state index contributed by atoms with van der Waals surface area (Å²) in [6.45, 7) is 2.81. The second kappa shape index (κ2) is 8.76. The molecule has 0 radical (unpaired) electrons. The Morgan fingerprint density at radius 3 is 2.65 bits per heavy atom. The largest absolute Gasteiger partial charge is 0.477 e. The van der Waals surface area contributed by atoms with E-state index in [1.54, 1.807) is 11.0 Å². The van der Waals surface area contributed by atoms with E-state index >= 15 is 0 Å². The van der Waals surface area contributed by atoms with Gasteiger partial charge in [-0.2, -0.15) is 0 Å². The van der Waals surface area contributed by atoms with Crippen LogP contribution in [0.5, 0.6) is 5.75 Å². The number of nitrogens with zero attached hydrogens (tertiary/aromatic N) is 1. The average Bonchev–Trinajstić information content (AvgIpc) is 2.70. The lowest BCUT2D eigenvalue weighted by Crippen LogP contribution is -2.51. The lowest BCUT2D eigenvalue weighted by Gasteiger charge is -2.34. The zero-order chi connectivity index (χ0) is 18.4. The van der Waals surface area contributed by atoms with E-state index in [1.165, 1.54) is 11.8 Å². The van der Waals surface area contributed by atoms with Crippen LogP contribution in [0.1, 0.15) is 13.3 Å². The van der Waals surface area contributed by atoms with E-state index in [1.807, 2.05) is 55.5 Å². The molecule has 5 nitrogen and oxygen atoms in total. The molecule has 2 aromatic carbocycles. The third kappa shape index (κ3) is 4.38. The van der Waals surface area contributed by atoms with Crippen LogP contribution < -0.4 is 15.0 Å². The molecule has 26 heavy (non-hydrogen) atoms. The summed E-state index contributed by atoms with van der Waals surface area (Å²) in [6.07, 6.45) is 0.160. The van der Waals surface area contributed by atoms with Crippen molar-refractivity contribution in [1.82, 2.24) is 5.32 Å². The van der Waals surface area contributed by atoms with Gasteiger partial charge >= 0.3 is 0 Å². The lowest BCUT2D eigenvalue weighted by atomic mass is 10.1. The Balaban J connectivity index is 1.73. The molecule has 136 valence electrons. The molecule has 0 saturated heterocycles. The number of carbonyl (C=O) groups excluding carboxylic acids is 2. The number of hydrogen-bond acceptors (Lipinski definition) is 4. The molecule has 0 bridgehead atoms. The Morgan fingerprint density at radius 1 is 1.15 bits per heavy atom. The molecule has 0 spiro atoms. The summed E-state index contributed by atoms with van der Waals surface area (Å²) in [5.41, 5.74) is 0.714. The Morgan fingerprint density at radius 2 is 1.88 bits per heavy atom. The molecule has 1 N–H and O–H groups in total. The molecule has 1 heterocycles. The van der Waals surface area contributed by atoms with Crippen molar-refractivity contribution in [2.24, 2.45) is 0 Å². The van der Waals surface area contributed by atoms with Crippen molar-refractivity contribution in [2.75, 3.05) is 23.7 Å². The molecule has 0 saturated carbocycles. The number of hydrogen-bond donors (Lipinski definition) is 1. The van der Waals surface area contributed by atoms with Crippen molar-refractivity contribution in [3.63, 3.8) is 0 Å². The number of carbonyl (C=O) groups is 2. The second-order valence-electron chi connectivity index (χ2n) is 5.97. The van der Waals surface area contributed by atoms with Gasteiger partial charge in [0.05, 0.1) is 18.0 Å². The van der Waals surface area contributed by atoms with Crippen molar-refractivity contribution in [3.05, 3.63) is 54.6 Å². The van der Waals surface area contributed by atoms with E-state index in [2.05, 4.69) is 5.32 Å². The molecule has 1 atom stereocenters. The summed E-state index contributed by atoms with van der Waals surface area (Å²) in [5.74, 6) is 0.646. The van der Waals surface area contributed by atoms with Crippen molar-refractivity contribution < 1.29 is 14.3 Å². The molecular formula is C20H22N2O3S. The Hall–Kier alpha value is -2.47. The quantitative estimate of drug-likeness (QED) is 0.794. The minimum Gasteiger partial charge on any atom is -0.477 e. The highest BCUT2D eigenvalue weighted by atomic mass is 32.2. The van der Waals surface area contributed by atoms with Gasteiger partial charge in [-0.1, -0.05) is 37.3 Å². The first-order chi connectivity index (χ1) is 12.7. The first kappa shape index (κ1) is 18.3. The normalized spacial score (nSPS) is 15.7. The fraction of sp³-hybridized carbons (Fsp3) is 0.300. The molecule has 2 amide bonds. The molecule has 1 aliphatic heterocycles. The first-order valence-corrected chi connectivity index (χ1v) is 9.69. The Kier molecular flexibility index (Phi) is 6.17. The smallest absolute Gasteiger partial charge is 0.262 e. The van der Waals surface area contributed by atoms with Gasteiger partial charge in [0, 0.05) is 11.4 Å². The maximum atomic E-state index is 12.8. The Labute approximate surface area is 157 Å². The number of ether oxygens (including phenoxy) is 1. The fourth-order valence-electron chi connectivity index (χ4n) is 2.71. The third-order valence-corrected chi connectivity index (χ3v) is 5.02. The van der Waals surface area contributed by atoms with Crippen LogP contribution in [-0.4, -0.2) is 36.8 Å². The minimum atomic E-state index is -0.692. The maximum Gasteiger partial charge on any atom is 0.262 e. The van der Waals surface area contributed by atoms with Crippen LogP contribution in [0.3, 0.4) is 0 Å². The number of rotatable bonds is 6. The van der Waals surface area contributed by atoms with E-state index in [9.17, 15) is 9.59 Å². The van der Waals surface area contributed by atoms with Gasteiger partial charge in [0.15, 0.2) is 6.10 Å². The predicted molar refractivity (Wildman–Crippen MR) is 104 cm³/mol. The number of nitrogens with one attached hydrogen (secondary N) is 1. The number of anilines is 1. The summed E-state index contributed by atoms with van der Waals surface area (Å²) >= 11 is 1.49. The summed E-state index contributed by atoms with van der Waals surface area (Å²) in [5, 5.41) is 2.84. The van der Waals surface area contributed by atoms with Crippen LogP contribution in [0.4, 0.5) is 5.69 Å². The van der Waals surface area contributed by atoms with Crippen LogP contribution in [-0.2, 0) is 9.59 Å². The standard InChI is InChI=1S/C20H22N2O3S/c1-2-12-21-20(24)18-13-22(16-10-6-7-11-17(16)25-18)19(23)14-26-15-8-4-3-5-9-15/h3-11,18H,2,12-14H2,1H3,(H,21,24)/t18-/m0/s1. The second-order valence-corrected chi connectivity index (χ2v) is 7.02. The van der Waals surface area contributed by atoms with E-state index in [-0.39, 0.29) is 18.4 Å². The van der Waals surface area contributed by atoms with E-state index in [0.717, 1.165) is 11.3 Å². The number of benzene rings is 2. The van der Waals surface area contributed by atoms with Crippen LogP contribution in [0.25, 0.3) is 0 Å². The van der Waals surface area contributed by atoms with Gasteiger partial charge in [-0.15, -0.1) is 11.8 Å². The first-order valence-electron chi connectivity index (χ1n) is 8.70. The van der Waals surface area contributed by atoms with E-state index in [4.69, 9.17) is 4.74 Å². The molecule has 0 aromatic heterocycles. The van der Waals surface area contributed by atoms with Crippen molar-refractivity contribution >= 4 is 29.3 Å². The molecule has 6 heteroatoms. The molecule has 0 aliphatic carbocycles. The summed E-state index contributed by atoms with van der Waals surface area (Å²) in [7, 11) is 0. The summed E-state index contributed by atoms with van der Waals surface area (Å²) in [4.78, 5) is 27.9. The highest BCUT2D eigenvalue weighted by molar-refractivity contribution is 8.00. The van der Waals surface area contributed by atoms with Gasteiger partial charge in [0.25, 0.3) is 5.91 Å². The van der Waals surface area contributed by atoms with Crippen molar-refractivity contribution in [1.29, 1.82) is 0 Å². The molecule has 0 unspecified atom stereocenters. The highest BCUT2D eigenvalue weighted by Gasteiger charge is 2.33. The maximum absolute atomic E-state index is 12.8. The van der Waals surface area contributed by atoms with Gasteiger partial charge in [-0.25, -0.2) is 0 Å². The third-order valence-electron chi connectivity index (χ3n) is 4.02. The van der Waals surface area contributed by atoms with Gasteiger partial charge in [-0.3, -0.25) is 9.59 Å². The predicted octanol–water partition coefficient (Wildman–Crippen LogP) is 3.10. The topological polar surface area (TPSA) is 58.6 Å². The Bertz CT molecular complexity index is 767. The van der Waals surface area contributed by atoms with Crippen LogP contribution in [0, 0.1) is 0 Å². The molecule has 3 rings (SSSR count). The van der Waals surface area contributed by atoms with Crippen LogP contribution in [0.2, 0.25) is 0 Å². The van der Waals surface area contributed by atoms with E-state index in [0.29, 0.717) is 23.7 Å². The SMILES string of the molecule is CCCNC(=O)[C@@H]1CN(C(=O)CSc2ccccc2)c2ccccc2O1. The number of amides is 2. The van der Waals surface area contributed by atoms with Crippen LogP contribution >= 0.6 is 11.8 Å². The fourth-order valence-corrected chi connectivity index (χ4v) is 3.50. The molecule has 2 aromatic rings. The molecular weight excluding hydrogens is 348 g/mol. The zero-order valence-electron chi connectivity index (χ0n) is 14.7. The molecule has 0 fully saturated rings.